The number of nitrogens with one attached hydrogen (secondary N) is 1. The molecule has 0 unspecified atom stereocenters. The van der Waals surface area contributed by atoms with Crippen molar-refractivity contribution < 1.29 is 22.0 Å². The molecule has 3 rings (SSSR count). The molecule has 150 valence electrons. The first-order chi connectivity index (χ1) is 13.8. The summed E-state index contributed by atoms with van der Waals surface area (Å²) >= 11 is 3.29. The maximum atomic E-state index is 13.3. The van der Waals surface area contributed by atoms with E-state index in [1.165, 1.54) is 12.1 Å². The third kappa shape index (κ3) is 5.18. The van der Waals surface area contributed by atoms with Crippen LogP contribution in [0.1, 0.15) is 0 Å². The SMILES string of the molecule is O=C(CN(c1ccc(F)cc1)S(=O)(=O)c1ccc(F)cc1)Nc1ccc(Br)cc1. The van der Waals surface area contributed by atoms with E-state index in [0.717, 1.165) is 45.2 Å². The van der Waals surface area contributed by atoms with Gasteiger partial charge in [0.15, 0.2) is 0 Å². The Hall–Kier alpha value is -2.78. The second kappa shape index (κ2) is 8.71. The van der Waals surface area contributed by atoms with Gasteiger partial charge in [0.1, 0.15) is 18.2 Å². The molecule has 0 aromatic heterocycles. The normalized spacial score (nSPS) is 11.1. The lowest BCUT2D eigenvalue weighted by Gasteiger charge is -2.24. The number of rotatable bonds is 6. The molecule has 9 heteroatoms. The molecule has 1 amide bonds. The van der Waals surface area contributed by atoms with Gasteiger partial charge in [-0.2, -0.15) is 0 Å². The Morgan fingerprint density at radius 3 is 1.93 bits per heavy atom. The zero-order chi connectivity index (χ0) is 21.0. The minimum absolute atomic E-state index is 0.0988. The Kier molecular flexibility index (Phi) is 6.29. The van der Waals surface area contributed by atoms with E-state index in [1.807, 2.05) is 0 Å². The molecule has 0 saturated carbocycles. The van der Waals surface area contributed by atoms with E-state index >= 15 is 0 Å². The van der Waals surface area contributed by atoms with Gasteiger partial charge in [-0.05, 0) is 72.8 Å². The van der Waals surface area contributed by atoms with Gasteiger partial charge < -0.3 is 5.32 Å². The van der Waals surface area contributed by atoms with Crippen molar-refractivity contribution in [1.82, 2.24) is 0 Å². The third-order valence-electron chi connectivity index (χ3n) is 3.93. The van der Waals surface area contributed by atoms with Crippen molar-refractivity contribution in [2.45, 2.75) is 4.90 Å². The highest BCUT2D eigenvalue weighted by molar-refractivity contribution is 9.10. The number of hydrogen-bond donors (Lipinski definition) is 1. The largest absolute Gasteiger partial charge is 0.325 e. The summed E-state index contributed by atoms with van der Waals surface area (Å²) in [6.45, 7) is -0.554. The second-order valence-electron chi connectivity index (χ2n) is 6.00. The standard InChI is InChI=1S/C20H15BrF2N2O3S/c21-14-1-7-17(8-2-14)24-20(26)13-25(18-9-3-15(22)4-10-18)29(27,28)19-11-5-16(23)6-12-19/h1-12H,13H2,(H,24,26). The van der Waals surface area contributed by atoms with Crippen molar-refractivity contribution in [3.05, 3.63) is 88.9 Å². The molecule has 0 bridgehead atoms. The molecule has 0 atom stereocenters. The van der Waals surface area contributed by atoms with Gasteiger partial charge in [-0.3, -0.25) is 9.10 Å². The van der Waals surface area contributed by atoms with Crippen molar-refractivity contribution in [3.63, 3.8) is 0 Å². The fraction of sp³-hybridized carbons (Fsp3) is 0.0500. The van der Waals surface area contributed by atoms with Gasteiger partial charge in [-0.25, -0.2) is 17.2 Å². The van der Waals surface area contributed by atoms with Crippen LogP contribution in [0.25, 0.3) is 0 Å². The lowest BCUT2D eigenvalue weighted by molar-refractivity contribution is -0.114. The van der Waals surface area contributed by atoms with Crippen LogP contribution >= 0.6 is 15.9 Å². The zero-order valence-electron chi connectivity index (χ0n) is 14.8. The van der Waals surface area contributed by atoms with E-state index in [4.69, 9.17) is 0 Å². The van der Waals surface area contributed by atoms with E-state index < -0.39 is 34.1 Å². The second-order valence-corrected chi connectivity index (χ2v) is 8.78. The fourth-order valence-corrected chi connectivity index (χ4v) is 4.21. The van der Waals surface area contributed by atoms with Crippen molar-refractivity contribution in [2.24, 2.45) is 0 Å². The summed E-state index contributed by atoms with van der Waals surface area (Å²) in [7, 11) is -4.20. The van der Waals surface area contributed by atoms with Crippen LogP contribution in [0.15, 0.2) is 82.2 Å². The molecule has 0 saturated heterocycles. The predicted octanol–water partition coefficient (Wildman–Crippen LogP) is 4.56. The van der Waals surface area contributed by atoms with Crippen molar-refractivity contribution in [3.8, 4) is 0 Å². The topological polar surface area (TPSA) is 66.5 Å². The van der Waals surface area contributed by atoms with Crippen LogP contribution in [-0.4, -0.2) is 20.9 Å². The maximum absolute atomic E-state index is 13.3. The van der Waals surface area contributed by atoms with Gasteiger partial charge in [0.05, 0.1) is 10.6 Å². The fourth-order valence-electron chi connectivity index (χ4n) is 2.52. The summed E-state index contributed by atoms with van der Waals surface area (Å²) in [5.41, 5.74) is 0.582. The molecule has 0 spiro atoms. The van der Waals surface area contributed by atoms with E-state index in [0.29, 0.717) is 5.69 Å². The zero-order valence-corrected chi connectivity index (χ0v) is 17.3. The molecule has 5 nitrogen and oxygen atoms in total. The monoisotopic (exact) mass is 480 g/mol. The Morgan fingerprint density at radius 1 is 0.862 bits per heavy atom. The minimum atomic E-state index is -4.20. The number of hydrogen-bond acceptors (Lipinski definition) is 3. The first-order valence-electron chi connectivity index (χ1n) is 8.35. The van der Waals surface area contributed by atoms with E-state index in [2.05, 4.69) is 21.2 Å². The van der Waals surface area contributed by atoms with Gasteiger partial charge in [0.25, 0.3) is 10.0 Å². The van der Waals surface area contributed by atoms with Gasteiger partial charge in [0, 0.05) is 10.2 Å². The summed E-state index contributed by atoms with van der Waals surface area (Å²) in [6.07, 6.45) is 0. The van der Waals surface area contributed by atoms with Crippen LogP contribution in [0.2, 0.25) is 0 Å². The average molecular weight is 481 g/mol. The molecular formula is C20H15BrF2N2O3S. The predicted molar refractivity (Wildman–Crippen MR) is 110 cm³/mol. The van der Waals surface area contributed by atoms with Crippen molar-refractivity contribution >= 4 is 43.2 Å². The highest BCUT2D eigenvalue weighted by atomic mass is 79.9. The summed E-state index contributed by atoms with van der Waals surface area (Å²) in [5.74, 6) is -1.74. The molecule has 0 aliphatic heterocycles. The van der Waals surface area contributed by atoms with Gasteiger partial charge >= 0.3 is 0 Å². The van der Waals surface area contributed by atoms with Crippen molar-refractivity contribution in [1.29, 1.82) is 0 Å². The van der Waals surface area contributed by atoms with Crippen LogP contribution < -0.4 is 9.62 Å². The maximum Gasteiger partial charge on any atom is 0.264 e. The van der Waals surface area contributed by atoms with Gasteiger partial charge in [0.2, 0.25) is 5.91 Å². The summed E-state index contributed by atoms with van der Waals surface area (Å²) in [4.78, 5) is 12.3. The number of carbonyl (C=O) groups is 1. The number of sulfonamides is 1. The van der Waals surface area contributed by atoms with Crippen LogP contribution in [0.3, 0.4) is 0 Å². The molecule has 1 N–H and O–H groups in total. The number of halogens is 3. The number of amides is 1. The lowest BCUT2D eigenvalue weighted by Crippen LogP contribution is -2.38. The molecule has 0 heterocycles. The summed E-state index contributed by atoms with van der Waals surface area (Å²) < 4.78 is 54.3. The Labute approximate surface area is 175 Å². The number of carbonyl (C=O) groups excluding carboxylic acids is 1. The minimum Gasteiger partial charge on any atom is -0.325 e. The Morgan fingerprint density at radius 2 is 1.38 bits per heavy atom. The highest BCUT2D eigenvalue weighted by Gasteiger charge is 2.27. The Balaban J connectivity index is 1.92. The Bertz CT molecular complexity index is 1100. The first kappa shape index (κ1) is 20.9. The number of nitrogens with zero attached hydrogens (tertiary/aromatic N) is 1. The highest BCUT2D eigenvalue weighted by Crippen LogP contribution is 2.24. The van der Waals surface area contributed by atoms with E-state index in [1.54, 1.807) is 24.3 Å². The molecule has 3 aromatic carbocycles. The van der Waals surface area contributed by atoms with Crippen molar-refractivity contribution in [2.75, 3.05) is 16.2 Å². The number of anilines is 2. The van der Waals surface area contributed by atoms with E-state index in [-0.39, 0.29) is 10.6 Å². The number of benzene rings is 3. The molecule has 0 aliphatic rings. The quantitative estimate of drug-likeness (QED) is 0.562. The van der Waals surface area contributed by atoms with Crippen LogP contribution in [0.4, 0.5) is 20.2 Å². The van der Waals surface area contributed by atoms with Crippen LogP contribution in [-0.2, 0) is 14.8 Å². The average Bonchev–Trinajstić information content (AvgIpc) is 2.69. The molecule has 0 radical (unpaired) electrons. The molecular weight excluding hydrogens is 466 g/mol. The third-order valence-corrected chi connectivity index (χ3v) is 6.25. The molecule has 3 aromatic rings. The molecule has 29 heavy (non-hydrogen) atoms. The summed E-state index contributed by atoms with van der Waals surface area (Å²) in [6, 6.07) is 15.7. The van der Waals surface area contributed by atoms with Crippen LogP contribution in [0.5, 0.6) is 0 Å². The first-order valence-corrected chi connectivity index (χ1v) is 10.6. The molecule has 0 fully saturated rings. The van der Waals surface area contributed by atoms with E-state index in [9.17, 15) is 22.0 Å². The smallest absolute Gasteiger partial charge is 0.264 e. The molecule has 0 aliphatic carbocycles. The lowest BCUT2D eigenvalue weighted by atomic mass is 10.3. The van der Waals surface area contributed by atoms with Crippen LogP contribution in [0, 0.1) is 11.6 Å². The van der Waals surface area contributed by atoms with Gasteiger partial charge in [-0.15, -0.1) is 0 Å². The van der Waals surface area contributed by atoms with Gasteiger partial charge in [-0.1, -0.05) is 15.9 Å². The summed E-state index contributed by atoms with van der Waals surface area (Å²) in [5, 5.41) is 2.61.